The summed E-state index contributed by atoms with van der Waals surface area (Å²) in [6, 6.07) is 0. The van der Waals surface area contributed by atoms with Crippen molar-refractivity contribution in [3.05, 3.63) is 0 Å². The summed E-state index contributed by atoms with van der Waals surface area (Å²) in [5.74, 6) is 0. The van der Waals surface area contributed by atoms with Crippen molar-refractivity contribution >= 4 is 20.8 Å². The maximum Gasteiger partial charge on any atom is 2.00 e. The van der Waals surface area contributed by atoms with Crippen molar-refractivity contribution in [2.24, 2.45) is 0 Å². The van der Waals surface area contributed by atoms with E-state index < -0.39 is 20.8 Å². The van der Waals surface area contributed by atoms with Gasteiger partial charge in [0.05, 0.1) is 0 Å². The van der Waals surface area contributed by atoms with E-state index in [0.717, 1.165) is 0 Å². The maximum absolute atomic E-state index is 9.29. The van der Waals surface area contributed by atoms with Gasteiger partial charge in [0, 0.05) is 0 Å². The maximum atomic E-state index is 9.29. The number of rotatable bonds is 2. The van der Waals surface area contributed by atoms with E-state index in [-0.39, 0.29) is 17.1 Å². The standard InChI is InChI=1S/Fe.H2O7S2/c;1-8(2,3)7-9(4,5)6/h;(H,1,2,3)(H,4,5,6)/q+2;/p-2. The minimum absolute atomic E-state index is 0. The van der Waals surface area contributed by atoms with E-state index in [1.54, 1.807) is 0 Å². The second-order valence-corrected chi connectivity index (χ2v) is 3.06. The Balaban J connectivity index is 0. The first-order valence-electron chi connectivity index (χ1n) is 1.33. The second kappa shape index (κ2) is 3.62. The van der Waals surface area contributed by atoms with Crippen LogP contribution >= 0.6 is 0 Å². The fraction of sp³-hybridized carbons (Fsp3) is 0. The van der Waals surface area contributed by atoms with E-state index in [4.69, 9.17) is 0 Å². The van der Waals surface area contributed by atoms with Crippen LogP contribution in [0.25, 0.3) is 0 Å². The van der Waals surface area contributed by atoms with Crippen LogP contribution in [0.2, 0.25) is 0 Å². The Labute approximate surface area is 67.8 Å². The van der Waals surface area contributed by atoms with Crippen molar-refractivity contribution < 1.29 is 46.6 Å². The molecular formula is FeO7S2. The molecule has 0 aliphatic carbocycles. The van der Waals surface area contributed by atoms with Crippen LogP contribution in [-0.2, 0) is 41.5 Å². The first-order valence-corrected chi connectivity index (χ1v) is 4.00. The third-order valence-electron chi connectivity index (χ3n) is 0.167. The van der Waals surface area contributed by atoms with Gasteiger partial charge in [0.25, 0.3) is 0 Å². The van der Waals surface area contributed by atoms with Gasteiger partial charge in [0.1, 0.15) is 0 Å². The van der Waals surface area contributed by atoms with Crippen molar-refractivity contribution in [1.82, 2.24) is 0 Å². The van der Waals surface area contributed by atoms with Gasteiger partial charge in [-0.2, -0.15) is 3.63 Å². The molecule has 0 aromatic carbocycles. The molecule has 0 saturated carbocycles. The predicted octanol–water partition coefficient (Wildman–Crippen LogP) is -2.08. The molecule has 0 saturated heterocycles. The summed E-state index contributed by atoms with van der Waals surface area (Å²) in [5.41, 5.74) is 0. The average Bonchev–Trinajstić information content (AvgIpc) is 1.14. The molecule has 10 heteroatoms. The summed E-state index contributed by atoms with van der Waals surface area (Å²) in [6.07, 6.45) is 0. The van der Waals surface area contributed by atoms with Crippen LogP contribution < -0.4 is 0 Å². The molecule has 10 heavy (non-hydrogen) atoms. The van der Waals surface area contributed by atoms with E-state index in [1.807, 2.05) is 0 Å². The summed E-state index contributed by atoms with van der Waals surface area (Å²) in [7, 11) is -10.9. The Morgan fingerprint density at radius 2 is 1.10 bits per heavy atom. The molecule has 0 atom stereocenters. The van der Waals surface area contributed by atoms with E-state index in [0.29, 0.717) is 0 Å². The summed E-state index contributed by atoms with van der Waals surface area (Å²) in [6.45, 7) is 0. The number of hydrogen-bond donors (Lipinski definition) is 0. The summed E-state index contributed by atoms with van der Waals surface area (Å²) >= 11 is 0. The van der Waals surface area contributed by atoms with E-state index in [1.165, 1.54) is 0 Å². The van der Waals surface area contributed by atoms with Crippen LogP contribution in [0.4, 0.5) is 0 Å². The number of hydrogen-bond acceptors (Lipinski definition) is 7. The van der Waals surface area contributed by atoms with Gasteiger partial charge in [-0.15, -0.1) is 0 Å². The quantitative estimate of drug-likeness (QED) is 0.304. The van der Waals surface area contributed by atoms with Crippen LogP contribution in [-0.4, -0.2) is 25.9 Å². The molecule has 0 aliphatic rings. The van der Waals surface area contributed by atoms with Crippen LogP contribution in [0.1, 0.15) is 0 Å². The van der Waals surface area contributed by atoms with Crippen LogP contribution in [0, 0.1) is 0 Å². The SMILES string of the molecule is O=S(=O)([O-])OS(=O)(=O)[O-].[Fe+2]. The molecule has 0 aliphatic heterocycles. The molecule has 0 N–H and O–H groups in total. The van der Waals surface area contributed by atoms with E-state index in [9.17, 15) is 25.9 Å². The zero-order valence-corrected chi connectivity index (χ0v) is 6.76. The van der Waals surface area contributed by atoms with E-state index in [2.05, 4.69) is 3.63 Å². The fourth-order valence-electron chi connectivity index (χ4n) is 0.102. The first kappa shape index (κ1) is 12.9. The topological polar surface area (TPSA) is 124 Å². The van der Waals surface area contributed by atoms with Crippen molar-refractivity contribution in [2.45, 2.75) is 0 Å². The van der Waals surface area contributed by atoms with Crippen molar-refractivity contribution in [2.75, 3.05) is 0 Å². The molecule has 7 nitrogen and oxygen atoms in total. The van der Waals surface area contributed by atoms with Gasteiger partial charge < -0.3 is 9.11 Å². The predicted molar refractivity (Wildman–Crippen MR) is 20.5 cm³/mol. The van der Waals surface area contributed by atoms with Gasteiger partial charge in [-0.3, -0.25) is 0 Å². The largest absolute Gasteiger partial charge is 2.00 e. The molecule has 0 heterocycles. The minimum atomic E-state index is -5.43. The van der Waals surface area contributed by atoms with Crippen molar-refractivity contribution in [3.8, 4) is 0 Å². The fourth-order valence-corrected chi connectivity index (χ4v) is 0.919. The molecule has 0 aromatic rings. The van der Waals surface area contributed by atoms with Crippen molar-refractivity contribution in [3.63, 3.8) is 0 Å². The zero-order chi connectivity index (χ0) is 7.71. The molecule has 0 fully saturated rings. The summed E-state index contributed by atoms with van der Waals surface area (Å²) in [5, 5.41) is 0. The Morgan fingerprint density at radius 3 is 1.10 bits per heavy atom. The minimum Gasteiger partial charge on any atom is -0.725 e. The Morgan fingerprint density at radius 1 is 0.900 bits per heavy atom. The summed E-state index contributed by atoms with van der Waals surface area (Å²) in [4.78, 5) is 0. The van der Waals surface area contributed by atoms with E-state index >= 15 is 0 Å². The summed E-state index contributed by atoms with van der Waals surface area (Å²) < 4.78 is 58.2. The molecule has 0 aromatic heterocycles. The van der Waals surface area contributed by atoms with Gasteiger partial charge in [-0.25, -0.2) is 16.8 Å². The third kappa shape index (κ3) is 11.1. The molecular weight excluding hydrogens is 232 g/mol. The molecule has 0 rings (SSSR count). The van der Waals surface area contributed by atoms with Gasteiger partial charge >= 0.3 is 17.1 Å². The molecule has 0 spiro atoms. The first-order chi connectivity index (χ1) is 3.71. The van der Waals surface area contributed by atoms with Crippen LogP contribution in [0.5, 0.6) is 0 Å². The normalized spacial score (nSPS) is 12.2. The molecule has 0 amide bonds. The second-order valence-electron chi connectivity index (χ2n) is 0.885. The van der Waals surface area contributed by atoms with Crippen LogP contribution in [0.3, 0.4) is 0 Å². The van der Waals surface area contributed by atoms with Gasteiger partial charge in [0.15, 0.2) is 0 Å². The van der Waals surface area contributed by atoms with Gasteiger partial charge in [-0.05, 0) is 0 Å². The average molecular weight is 232 g/mol. The Bertz CT molecular complexity index is 237. The molecule has 0 radical (unpaired) electrons. The van der Waals surface area contributed by atoms with Gasteiger partial charge in [-0.1, -0.05) is 0 Å². The molecule has 0 bridgehead atoms. The third-order valence-corrected chi connectivity index (χ3v) is 1.50. The Kier molecular flexibility index (Phi) is 4.68. The van der Waals surface area contributed by atoms with Gasteiger partial charge in [0.2, 0.25) is 20.8 Å². The smallest absolute Gasteiger partial charge is 0.725 e. The van der Waals surface area contributed by atoms with Crippen molar-refractivity contribution in [1.29, 1.82) is 0 Å². The Hall–Kier alpha value is 0.299. The molecule has 62 valence electrons. The van der Waals surface area contributed by atoms with Crippen LogP contribution in [0.15, 0.2) is 0 Å². The monoisotopic (exact) mass is 232 g/mol. The zero-order valence-electron chi connectivity index (χ0n) is 4.03. The molecule has 0 unspecified atom stereocenters.